The molecule has 1 N–H and O–H groups in total. The van der Waals surface area contributed by atoms with E-state index in [4.69, 9.17) is 10.00 Å². The van der Waals surface area contributed by atoms with Crippen LogP contribution in [0.15, 0.2) is 29.1 Å². The molecule has 0 saturated carbocycles. The van der Waals surface area contributed by atoms with E-state index in [9.17, 15) is 14.4 Å². The number of hydrogen-bond acceptors (Lipinski definition) is 6. The van der Waals surface area contributed by atoms with Crippen LogP contribution in [0.3, 0.4) is 0 Å². The topological polar surface area (TPSA) is 101 Å². The first-order valence-electron chi connectivity index (χ1n) is 9.20. The lowest BCUT2D eigenvalue weighted by Gasteiger charge is -2.07. The van der Waals surface area contributed by atoms with Crippen molar-refractivity contribution in [3.8, 4) is 6.07 Å². The number of aromatic nitrogens is 1. The summed E-state index contributed by atoms with van der Waals surface area (Å²) >= 11 is 1.10. The van der Waals surface area contributed by atoms with Crippen molar-refractivity contribution in [2.75, 3.05) is 13.2 Å². The van der Waals surface area contributed by atoms with Gasteiger partial charge in [0.25, 0.3) is 5.56 Å². The van der Waals surface area contributed by atoms with Crippen LogP contribution in [0.2, 0.25) is 0 Å². The third-order valence-electron chi connectivity index (χ3n) is 3.81. The maximum absolute atomic E-state index is 12.9. The number of hydrogen-bond donors (Lipinski definition) is 1. The molecular weight excluding hydrogens is 390 g/mol. The molecule has 0 aliphatic heterocycles. The standard InChI is InChI=1S/C21H23N3O4S/c1-4-28-20(26)10-19-24(13-18(25)23-12-14(2)3)21(27)17(29-19)9-15-5-7-16(11-22)8-6-15/h5-10,14H,4,12-13H2,1-3H3,(H,23,25). The van der Waals surface area contributed by atoms with Crippen LogP contribution < -0.4 is 20.1 Å². The molecule has 1 aromatic carbocycles. The van der Waals surface area contributed by atoms with Gasteiger partial charge in [0.2, 0.25) is 5.91 Å². The fourth-order valence-corrected chi connectivity index (χ4v) is 3.43. The molecule has 0 aliphatic carbocycles. The van der Waals surface area contributed by atoms with E-state index < -0.39 is 5.97 Å². The number of rotatable bonds is 7. The van der Waals surface area contributed by atoms with Gasteiger partial charge in [0.15, 0.2) is 0 Å². The zero-order chi connectivity index (χ0) is 21.4. The van der Waals surface area contributed by atoms with Crippen LogP contribution in [0.5, 0.6) is 0 Å². The lowest BCUT2D eigenvalue weighted by Crippen LogP contribution is -2.39. The summed E-state index contributed by atoms with van der Waals surface area (Å²) in [7, 11) is 0. The van der Waals surface area contributed by atoms with Crippen LogP contribution in [0.25, 0.3) is 12.2 Å². The first-order valence-corrected chi connectivity index (χ1v) is 10.0. The second kappa shape index (κ2) is 10.4. The lowest BCUT2D eigenvalue weighted by atomic mass is 10.1. The van der Waals surface area contributed by atoms with E-state index >= 15 is 0 Å². The summed E-state index contributed by atoms with van der Waals surface area (Å²) in [5.41, 5.74) is 0.889. The quantitative estimate of drug-likeness (QED) is 0.674. The number of nitrogens with zero attached hydrogens (tertiary/aromatic N) is 2. The summed E-state index contributed by atoms with van der Waals surface area (Å²) < 4.78 is 6.92. The van der Waals surface area contributed by atoms with Crippen LogP contribution >= 0.6 is 11.3 Å². The number of benzene rings is 1. The smallest absolute Gasteiger partial charge is 0.333 e. The number of nitriles is 1. The molecule has 7 nitrogen and oxygen atoms in total. The van der Waals surface area contributed by atoms with E-state index in [1.165, 1.54) is 10.6 Å². The van der Waals surface area contributed by atoms with Crippen molar-refractivity contribution in [3.05, 3.63) is 54.9 Å². The van der Waals surface area contributed by atoms with Gasteiger partial charge in [-0.2, -0.15) is 5.26 Å². The Labute approximate surface area is 172 Å². The highest BCUT2D eigenvalue weighted by Crippen LogP contribution is 2.03. The number of esters is 1. The molecule has 1 aromatic heterocycles. The first-order chi connectivity index (χ1) is 13.8. The second-order valence-electron chi connectivity index (χ2n) is 6.67. The van der Waals surface area contributed by atoms with Gasteiger partial charge in [-0.1, -0.05) is 26.0 Å². The van der Waals surface area contributed by atoms with Crippen molar-refractivity contribution in [1.82, 2.24) is 9.88 Å². The maximum atomic E-state index is 12.9. The Hall–Kier alpha value is -3.18. The minimum absolute atomic E-state index is 0.186. The Bertz CT molecular complexity index is 1090. The monoisotopic (exact) mass is 413 g/mol. The number of carbonyl (C=O) groups is 2. The van der Waals surface area contributed by atoms with Crippen molar-refractivity contribution >= 4 is 35.4 Å². The SMILES string of the molecule is CCOC(=O)C=c1sc(=Cc2ccc(C#N)cc2)c(=O)n1CC(=O)NCC(C)C. The molecule has 152 valence electrons. The minimum Gasteiger partial charge on any atom is -0.463 e. The number of nitrogens with one attached hydrogen (secondary N) is 1. The zero-order valence-electron chi connectivity index (χ0n) is 16.6. The van der Waals surface area contributed by atoms with E-state index in [2.05, 4.69) is 5.32 Å². The van der Waals surface area contributed by atoms with Crippen LogP contribution in [0.1, 0.15) is 31.9 Å². The Morgan fingerprint density at radius 2 is 2.00 bits per heavy atom. The molecule has 2 rings (SSSR count). The number of ether oxygens (including phenoxy) is 1. The van der Waals surface area contributed by atoms with E-state index in [0.717, 1.165) is 16.9 Å². The maximum Gasteiger partial charge on any atom is 0.333 e. The van der Waals surface area contributed by atoms with Gasteiger partial charge in [-0.25, -0.2) is 4.79 Å². The minimum atomic E-state index is -0.574. The van der Waals surface area contributed by atoms with Crippen LogP contribution in [-0.4, -0.2) is 29.6 Å². The highest BCUT2D eigenvalue weighted by atomic mass is 32.1. The Balaban J connectivity index is 2.48. The number of thiazole rings is 1. The summed E-state index contributed by atoms with van der Waals surface area (Å²) in [6.07, 6.45) is 2.89. The third kappa shape index (κ3) is 6.43. The molecule has 0 bridgehead atoms. The van der Waals surface area contributed by atoms with Crippen molar-refractivity contribution in [2.24, 2.45) is 5.92 Å². The zero-order valence-corrected chi connectivity index (χ0v) is 17.4. The van der Waals surface area contributed by atoms with Crippen molar-refractivity contribution in [1.29, 1.82) is 5.26 Å². The van der Waals surface area contributed by atoms with Gasteiger partial charge in [-0.15, -0.1) is 11.3 Å². The molecular formula is C21H23N3O4S. The molecule has 0 atom stereocenters. The molecule has 0 radical (unpaired) electrons. The highest BCUT2D eigenvalue weighted by Gasteiger charge is 2.11. The Morgan fingerprint density at radius 1 is 1.31 bits per heavy atom. The summed E-state index contributed by atoms with van der Waals surface area (Å²) in [6, 6.07) is 8.81. The highest BCUT2D eigenvalue weighted by molar-refractivity contribution is 7.07. The summed E-state index contributed by atoms with van der Waals surface area (Å²) in [5.74, 6) is -0.596. The third-order valence-corrected chi connectivity index (χ3v) is 4.87. The van der Waals surface area contributed by atoms with Crippen molar-refractivity contribution in [3.63, 3.8) is 0 Å². The average Bonchev–Trinajstić information content (AvgIpc) is 2.96. The van der Waals surface area contributed by atoms with E-state index in [1.807, 2.05) is 19.9 Å². The molecule has 1 amide bonds. The number of amides is 1. The molecule has 29 heavy (non-hydrogen) atoms. The number of carbonyl (C=O) groups excluding carboxylic acids is 2. The summed E-state index contributed by atoms with van der Waals surface area (Å²) in [4.78, 5) is 37.0. The normalized spacial score (nSPS) is 12.1. The predicted molar refractivity (Wildman–Crippen MR) is 111 cm³/mol. The molecule has 2 aromatic rings. The molecule has 0 fully saturated rings. The van der Waals surface area contributed by atoms with Gasteiger partial charge in [-0.05, 0) is 36.6 Å². The predicted octanol–water partition coefficient (Wildman–Crippen LogP) is 0.726. The van der Waals surface area contributed by atoms with E-state index in [-0.39, 0.29) is 30.5 Å². The van der Waals surface area contributed by atoms with Gasteiger partial charge in [0.1, 0.15) is 11.2 Å². The van der Waals surface area contributed by atoms with Gasteiger partial charge in [0.05, 0.1) is 28.8 Å². The van der Waals surface area contributed by atoms with Crippen molar-refractivity contribution in [2.45, 2.75) is 27.3 Å². The molecule has 0 unspecified atom stereocenters. The van der Waals surface area contributed by atoms with Crippen LogP contribution in [-0.2, 0) is 20.9 Å². The summed E-state index contributed by atoms with van der Waals surface area (Å²) in [6.45, 7) is 6.16. The molecule has 1 heterocycles. The molecule has 0 aliphatic rings. The van der Waals surface area contributed by atoms with Crippen LogP contribution in [0.4, 0.5) is 0 Å². The van der Waals surface area contributed by atoms with Gasteiger partial charge in [0, 0.05) is 6.54 Å². The fourth-order valence-electron chi connectivity index (χ4n) is 2.40. The van der Waals surface area contributed by atoms with E-state index in [1.54, 1.807) is 37.3 Å². The lowest BCUT2D eigenvalue weighted by molar-refractivity contribution is -0.135. The average molecular weight is 413 g/mol. The van der Waals surface area contributed by atoms with Gasteiger partial charge in [-0.3, -0.25) is 14.2 Å². The van der Waals surface area contributed by atoms with Gasteiger partial charge >= 0.3 is 5.97 Å². The van der Waals surface area contributed by atoms with Gasteiger partial charge < -0.3 is 10.1 Å². The van der Waals surface area contributed by atoms with E-state index in [0.29, 0.717) is 21.3 Å². The Morgan fingerprint density at radius 3 is 2.59 bits per heavy atom. The largest absolute Gasteiger partial charge is 0.463 e. The molecule has 0 saturated heterocycles. The summed E-state index contributed by atoms with van der Waals surface area (Å²) in [5, 5.41) is 11.7. The molecule has 0 spiro atoms. The molecule has 8 heteroatoms. The second-order valence-corrected chi connectivity index (χ2v) is 7.73. The van der Waals surface area contributed by atoms with Crippen LogP contribution in [0, 0.1) is 17.2 Å². The van der Waals surface area contributed by atoms with Crippen molar-refractivity contribution < 1.29 is 14.3 Å². The Kier molecular flexibility index (Phi) is 7.92. The first kappa shape index (κ1) is 22.1. The fraction of sp³-hybridized carbons (Fsp3) is 0.333.